The zero-order valence-corrected chi connectivity index (χ0v) is 24.5. The molecule has 1 saturated heterocycles. The van der Waals surface area contributed by atoms with Crippen LogP contribution in [-0.4, -0.2) is 26.3 Å². The lowest BCUT2D eigenvalue weighted by Gasteiger charge is -2.38. The van der Waals surface area contributed by atoms with Crippen LogP contribution in [-0.2, 0) is 15.8 Å². The molecule has 1 unspecified atom stereocenters. The molecule has 0 bridgehead atoms. The number of anilines is 1. The molecule has 0 aromatic heterocycles. The van der Waals surface area contributed by atoms with Crippen molar-refractivity contribution in [3.63, 3.8) is 0 Å². The molecule has 0 radical (unpaired) electrons. The fourth-order valence-electron chi connectivity index (χ4n) is 7.35. The van der Waals surface area contributed by atoms with Crippen LogP contribution in [0.25, 0.3) is 28.0 Å². The van der Waals surface area contributed by atoms with Gasteiger partial charge < -0.3 is 14.4 Å². The highest BCUT2D eigenvalue weighted by molar-refractivity contribution is 6.08. The number of benzene rings is 5. The molecule has 0 N–H and O–H groups in total. The SMILES string of the molecule is CC1(C)c2cc(F)ccc2-c2c1c1c(c3cc(F)ccc23)OC(c2ccc(F)cc2)(c2ccc(N3CCOCC3)cc2)C=C1. The molecule has 220 valence electrons. The molecule has 1 fully saturated rings. The molecule has 2 heterocycles. The van der Waals surface area contributed by atoms with Crippen molar-refractivity contribution in [3.8, 4) is 16.9 Å². The summed E-state index contributed by atoms with van der Waals surface area (Å²) in [7, 11) is 0. The largest absolute Gasteiger partial charge is 0.472 e. The molecule has 3 nitrogen and oxygen atoms in total. The highest BCUT2D eigenvalue weighted by Crippen LogP contribution is 2.58. The fraction of sp³-hybridized carbons (Fsp3) is 0.211. The molecular weight excluding hydrogens is 559 g/mol. The monoisotopic (exact) mass is 589 g/mol. The number of halogens is 3. The van der Waals surface area contributed by atoms with E-state index in [0.717, 1.165) is 63.1 Å². The summed E-state index contributed by atoms with van der Waals surface area (Å²) < 4.78 is 56.4. The van der Waals surface area contributed by atoms with Gasteiger partial charge in [0, 0.05) is 46.3 Å². The van der Waals surface area contributed by atoms with Gasteiger partial charge in [0.25, 0.3) is 0 Å². The van der Waals surface area contributed by atoms with E-state index < -0.39 is 11.0 Å². The van der Waals surface area contributed by atoms with Crippen molar-refractivity contribution in [2.24, 2.45) is 0 Å². The van der Waals surface area contributed by atoms with Crippen molar-refractivity contribution in [2.45, 2.75) is 24.9 Å². The Bertz CT molecular complexity index is 1980. The molecule has 0 spiro atoms. The highest BCUT2D eigenvalue weighted by Gasteiger charge is 2.44. The molecule has 1 atom stereocenters. The van der Waals surface area contributed by atoms with E-state index in [1.54, 1.807) is 24.3 Å². The number of hydrogen-bond donors (Lipinski definition) is 0. The summed E-state index contributed by atoms with van der Waals surface area (Å²) in [6, 6.07) is 24.2. The minimum absolute atomic E-state index is 0.295. The van der Waals surface area contributed by atoms with Crippen LogP contribution in [0.5, 0.6) is 5.75 Å². The first-order valence-corrected chi connectivity index (χ1v) is 14.9. The lowest BCUT2D eigenvalue weighted by Crippen LogP contribution is -2.37. The molecule has 5 aromatic carbocycles. The summed E-state index contributed by atoms with van der Waals surface area (Å²) >= 11 is 0. The molecule has 5 aromatic rings. The third-order valence-electron chi connectivity index (χ3n) is 9.50. The van der Waals surface area contributed by atoms with Crippen molar-refractivity contribution < 1.29 is 22.6 Å². The van der Waals surface area contributed by atoms with E-state index in [2.05, 4.69) is 30.9 Å². The predicted molar refractivity (Wildman–Crippen MR) is 168 cm³/mol. The van der Waals surface area contributed by atoms with E-state index in [4.69, 9.17) is 9.47 Å². The Morgan fingerprint density at radius 2 is 1.34 bits per heavy atom. The first-order chi connectivity index (χ1) is 21.3. The van der Waals surface area contributed by atoms with Crippen molar-refractivity contribution in [1.82, 2.24) is 0 Å². The topological polar surface area (TPSA) is 21.7 Å². The van der Waals surface area contributed by atoms with Gasteiger partial charge in [0.1, 0.15) is 23.2 Å². The summed E-state index contributed by atoms with van der Waals surface area (Å²) in [4.78, 5) is 2.28. The molecule has 1 aliphatic carbocycles. The van der Waals surface area contributed by atoms with E-state index >= 15 is 0 Å². The molecule has 6 heteroatoms. The van der Waals surface area contributed by atoms with Crippen LogP contribution in [0.4, 0.5) is 18.9 Å². The Morgan fingerprint density at radius 1 is 0.705 bits per heavy atom. The molecule has 2 aliphatic heterocycles. The summed E-state index contributed by atoms with van der Waals surface area (Å²) in [5, 5.41) is 1.47. The molecule has 0 saturated carbocycles. The van der Waals surface area contributed by atoms with Gasteiger partial charge in [-0.05, 0) is 82.2 Å². The Hall–Kier alpha value is -4.55. The minimum Gasteiger partial charge on any atom is -0.472 e. The van der Waals surface area contributed by atoms with Gasteiger partial charge in [-0.25, -0.2) is 13.2 Å². The van der Waals surface area contributed by atoms with Crippen molar-refractivity contribution in [1.29, 1.82) is 0 Å². The Balaban J connectivity index is 1.37. The molecule has 3 aliphatic rings. The van der Waals surface area contributed by atoms with Crippen molar-refractivity contribution in [3.05, 3.63) is 136 Å². The summed E-state index contributed by atoms with van der Waals surface area (Å²) in [6.45, 7) is 7.18. The predicted octanol–water partition coefficient (Wildman–Crippen LogP) is 8.75. The van der Waals surface area contributed by atoms with Crippen molar-refractivity contribution in [2.75, 3.05) is 31.2 Å². The first-order valence-electron chi connectivity index (χ1n) is 14.9. The Morgan fingerprint density at radius 3 is 2.07 bits per heavy atom. The van der Waals surface area contributed by atoms with Gasteiger partial charge >= 0.3 is 0 Å². The maximum absolute atomic E-state index is 15.0. The maximum Gasteiger partial charge on any atom is 0.178 e. The van der Waals surface area contributed by atoms with Crippen LogP contribution < -0.4 is 9.64 Å². The maximum atomic E-state index is 15.0. The van der Waals surface area contributed by atoms with Crippen LogP contribution in [0.3, 0.4) is 0 Å². The van der Waals surface area contributed by atoms with Crippen LogP contribution in [0.15, 0.2) is 91.0 Å². The normalized spacial score (nSPS) is 19.8. The third-order valence-corrected chi connectivity index (χ3v) is 9.50. The van der Waals surface area contributed by atoms with Gasteiger partial charge in [-0.15, -0.1) is 0 Å². The second-order valence-corrected chi connectivity index (χ2v) is 12.3. The van der Waals surface area contributed by atoms with E-state index in [0.29, 0.717) is 24.3 Å². The number of morpholine rings is 1. The second-order valence-electron chi connectivity index (χ2n) is 12.3. The lowest BCUT2D eigenvalue weighted by atomic mass is 9.76. The van der Waals surface area contributed by atoms with Crippen LogP contribution in [0.2, 0.25) is 0 Å². The molecule has 8 rings (SSSR count). The van der Waals surface area contributed by atoms with Gasteiger partial charge in [0.2, 0.25) is 0 Å². The zero-order valence-electron chi connectivity index (χ0n) is 24.5. The average Bonchev–Trinajstić information content (AvgIpc) is 3.27. The first kappa shape index (κ1) is 27.0. The van der Waals surface area contributed by atoms with E-state index in [1.807, 2.05) is 30.4 Å². The van der Waals surface area contributed by atoms with E-state index in [-0.39, 0.29) is 17.5 Å². The average molecular weight is 590 g/mol. The van der Waals surface area contributed by atoms with Crippen LogP contribution in [0.1, 0.15) is 41.7 Å². The Labute approximate surface area is 254 Å². The highest BCUT2D eigenvalue weighted by atomic mass is 19.1. The molecular formula is C38H30F3NO2. The molecule has 44 heavy (non-hydrogen) atoms. The van der Waals surface area contributed by atoms with E-state index in [1.165, 1.54) is 30.3 Å². The molecule has 0 amide bonds. The smallest absolute Gasteiger partial charge is 0.178 e. The standard InChI is InChI=1S/C38H30F3NO2/c1-37(2)33-22-27(41)10-14-30(33)34-29-13-9-26(40)21-32(29)36-31(35(34)37)15-16-38(44-36,23-3-7-25(39)8-4-23)24-5-11-28(12-6-24)42-17-19-43-20-18-42/h3-16,21-22H,17-20H2,1-2H3. The van der Waals surface area contributed by atoms with Gasteiger partial charge in [0.05, 0.1) is 13.2 Å². The third kappa shape index (κ3) is 3.93. The summed E-state index contributed by atoms with van der Waals surface area (Å²) in [5.74, 6) is -0.472. The van der Waals surface area contributed by atoms with Crippen molar-refractivity contribution >= 4 is 22.5 Å². The zero-order chi connectivity index (χ0) is 30.2. The van der Waals surface area contributed by atoms with Gasteiger partial charge in [0.15, 0.2) is 5.60 Å². The van der Waals surface area contributed by atoms with E-state index in [9.17, 15) is 13.2 Å². The van der Waals surface area contributed by atoms with Crippen LogP contribution >= 0.6 is 0 Å². The number of rotatable bonds is 3. The fourth-order valence-corrected chi connectivity index (χ4v) is 7.35. The quantitative estimate of drug-likeness (QED) is 0.210. The summed E-state index contributed by atoms with van der Waals surface area (Å²) in [5.41, 5.74) is 5.68. The van der Waals surface area contributed by atoms with Gasteiger partial charge in [-0.2, -0.15) is 0 Å². The number of nitrogens with zero attached hydrogens (tertiary/aromatic N) is 1. The Kier molecular flexibility index (Phi) is 5.98. The lowest BCUT2D eigenvalue weighted by molar-refractivity contribution is 0.122. The van der Waals surface area contributed by atoms with Gasteiger partial charge in [-0.1, -0.05) is 56.3 Å². The number of ether oxygens (including phenoxy) is 2. The summed E-state index contributed by atoms with van der Waals surface area (Å²) in [6.07, 6.45) is 4.06. The van der Waals surface area contributed by atoms with Gasteiger partial charge in [-0.3, -0.25) is 0 Å². The number of hydrogen-bond acceptors (Lipinski definition) is 3. The number of fused-ring (bicyclic) bond motifs is 8. The second kappa shape index (κ2) is 9.73. The minimum atomic E-state index is -1.11. The van der Waals surface area contributed by atoms with Crippen LogP contribution in [0, 0.1) is 17.5 Å².